The summed E-state index contributed by atoms with van der Waals surface area (Å²) in [5, 5.41) is 12.6. The number of halogens is 1. The highest BCUT2D eigenvalue weighted by Gasteiger charge is 2.33. The van der Waals surface area contributed by atoms with Crippen LogP contribution in [0.15, 0.2) is 30.3 Å². The number of carbonyl (C=O) groups excluding carboxylic acids is 1. The first kappa shape index (κ1) is 17.3. The molecular weight excluding hydrogens is 361 g/mol. The lowest BCUT2D eigenvalue weighted by Gasteiger charge is -2.29. The van der Waals surface area contributed by atoms with Crippen LogP contribution < -0.4 is 5.32 Å². The Bertz CT molecular complexity index is 1000. The maximum atomic E-state index is 13.7. The number of ether oxygens (including phenoxy) is 1. The van der Waals surface area contributed by atoms with E-state index in [0.717, 1.165) is 36.3 Å². The van der Waals surface area contributed by atoms with Gasteiger partial charge in [-0.2, -0.15) is 0 Å². The van der Waals surface area contributed by atoms with E-state index in [1.165, 1.54) is 12.1 Å². The lowest BCUT2D eigenvalue weighted by Crippen LogP contribution is -2.37. The van der Waals surface area contributed by atoms with Gasteiger partial charge in [0.25, 0.3) is 5.91 Å². The Morgan fingerprint density at radius 2 is 2.18 bits per heavy atom. The molecule has 2 N–H and O–H groups in total. The molecule has 1 aromatic heterocycles. The van der Waals surface area contributed by atoms with Crippen molar-refractivity contribution in [2.75, 3.05) is 18.4 Å². The fourth-order valence-corrected chi connectivity index (χ4v) is 4.15. The van der Waals surface area contributed by atoms with Crippen molar-refractivity contribution in [2.24, 2.45) is 0 Å². The quantitative estimate of drug-likeness (QED) is 0.782. The highest BCUT2D eigenvalue weighted by molar-refractivity contribution is 6.36. The largest absolute Gasteiger partial charge is 0.486 e. The van der Waals surface area contributed by atoms with E-state index in [9.17, 15) is 14.3 Å². The molecule has 1 unspecified atom stereocenters. The Morgan fingerprint density at radius 1 is 1.29 bits per heavy atom. The monoisotopic (exact) mass is 381 g/mol. The van der Waals surface area contributed by atoms with Gasteiger partial charge in [0.2, 0.25) is 0 Å². The summed E-state index contributed by atoms with van der Waals surface area (Å²) < 4.78 is 19.5. The average Bonchev–Trinajstić information content (AvgIpc) is 3.21. The summed E-state index contributed by atoms with van der Waals surface area (Å²) in [6.07, 6.45) is 1.56. The molecule has 2 aromatic rings. The van der Waals surface area contributed by atoms with Crippen LogP contribution in [0.4, 0.5) is 10.1 Å². The zero-order valence-corrected chi connectivity index (χ0v) is 15.2. The van der Waals surface area contributed by atoms with Crippen LogP contribution in [0.25, 0.3) is 11.3 Å². The van der Waals surface area contributed by atoms with Gasteiger partial charge in [-0.3, -0.25) is 14.7 Å². The van der Waals surface area contributed by atoms with E-state index in [0.29, 0.717) is 35.7 Å². The van der Waals surface area contributed by atoms with Gasteiger partial charge in [0, 0.05) is 29.9 Å². The number of benzene rings is 1. The van der Waals surface area contributed by atoms with Crippen molar-refractivity contribution in [2.45, 2.75) is 32.1 Å². The number of hydrogen-bond acceptors (Lipinski definition) is 5. The number of nitrogens with zero attached hydrogens (tertiary/aromatic N) is 2. The molecule has 1 saturated heterocycles. The zero-order valence-electron chi connectivity index (χ0n) is 15.2. The van der Waals surface area contributed by atoms with Crippen molar-refractivity contribution in [1.82, 2.24) is 9.88 Å². The van der Waals surface area contributed by atoms with E-state index in [4.69, 9.17) is 9.72 Å². The van der Waals surface area contributed by atoms with Crippen molar-refractivity contribution >= 4 is 22.9 Å². The van der Waals surface area contributed by atoms with E-state index in [1.54, 1.807) is 6.07 Å². The number of piperidine rings is 1. The molecule has 28 heavy (non-hydrogen) atoms. The number of likely N-dealkylation sites (tertiary alicyclic amines) is 1. The molecule has 1 atom stereocenters. The Hall–Kier alpha value is -2.77. The highest BCUT2D eigenvalue weighted by atomic mass is 19.1. The van der Waals surface area contributed by atoms with Gasteiger partial charge >= 0.3 is 0 Å². The van der Waals surface area contributed by atoms with E-state index in [-0.39, 0.29) is 18.6 Å². The third-order valence-corrected chi connectivity index (χ3v) is 5.45. The minimum atomic E-state index is -0.399. The number of nitrogens with one attached hydrogen (secondary N) is 1. The second-order valence-electron chi connectivity index (χ2n) is 7.46. The number of aliphatic hydroxyl groups is 1. The number of pyridine rings is 1. The molecular formula is C21H20FN3O3. The summed E-state index contributed by atoms with van der Waals surface area (Å²) in [6.45, 7) is 2.56. The molecule has 1 fully saturated rings. The van der Waals surface area contributed by atoms with Crippen LogP contribution in [0.3, 0.4) is 0 Å². The number of aromatic nitrogens is 1. The number of aliphatic hydroxyl groups excluding tert-OH is 1. The average molecular weight is 381 g/mol. The molecule has 144 valence electrons. The third kappa shape index (κ3) is 2.96. The Labute approximate surface area is 161 Å². The first-order chi connectivity index (χ1) is 13.6. The molecule has 6 nitrogen and oxygen atoms in total. The van der Waals surface area contributed by atoms with Gasteiger partial charge in [0.15, 0.2) is 0 Å². The highest BCUT2D eigenvalue weighted by Crippen LogP contribution is 2.41. The van der Waals surface area contributed by atoms with Crippen molar-refractivity contribution in [1.29, 1.82) is 0 Å². The molecule has 1 amide bonds. The van der Waals surface area contributed by atoms with E-state index < -0.39 is 5.82 Å². The first-order valence-corrected chi connectivity index (χ1v) is 9.46. The zero-order chi connectivity index (χ0) is 19.3. The summed E-state index contributed by atoms with van der Waals surface area (Å²) in [6, 6.07) is 8.06. The van der Waals surface area contributed by atoms with Crippen LogP contribution in [0.2, 0.25) is 0 Å². The molecule has 0 saturated carbocycles. The number of β-amino-alcohol motifs (C(OH)–C–C–N with tert-alkyl or cyclic N) is 1. The second-order valence-corrected chi connectivity index (χ2v) is 7.46. The number of rotatable bonds is 2. The Balaban J connectivity index is 1.47. The SMILES string of the molecule is O=C1Nc2ccc(F)cc2/C1=C1\OCc2nc(CN3CCCC(O)C3)ccc21. The Morgan fingerprint density at radius 3 is 3.04 bits per heavy atom. The molecule has 3 aliphatic heterocycles. The topological polar surface area (TPSA) is 74.7 Å². The van der Waals surface area contributed by atoms with E-state index in [1.807, 2.05) is 12.1 Å². The summed E-state index contributed by atoms with van der Waals surface area (Å²) in [5.41, 5.74) is 3.89. The van der Waals surface area contributed by atoms with Gasteiger partial charge in [-0.15, -0.1) is 0 Å². The number of carbonyl (C=O) groups is 1. The molecule has 7 heteroatoms. The fraction of sp³-hybridized carbons (Fsp3) is 0.333. The fourth-order valence-electron chi connectivity index (χ4n) is 4.15. The van der Waals surface area contributed by atoms with Gasteiger partial charge in [-0.1, -0.05) is 0 Å². The number of fused-ring (bicyclic) bond motifs is 2. The van der Waals surface area contributed by atoms with Crippen LogP contribution in [-0.2, 0) is 22.7 Å². The standard InChI is InChI=1S/C21H20FN3O3/c22-12-3-6-17-16(8-12)19(21(27)24-17)20-15-5-4-13(23-18(15)11-28-20)9-25-7-1-2-14(26)10-25/h3-6,8,14,26H,1-2,7,9-11H2,(H,24,27)/b20-19+. The molecule has 3 aliphatic rings. The molecule has 0 aliphatic carbocycles. The van der Waals surface area contributed by atoms with E-state index in [2.05, 4.69) is 10.2 Å². The van der Waals surface area contributed by atoms with Crippen molar-refractivity contribution in [3.8, 4) is 0 Å². The second kappa shape index (κ2) is 6.68. The predicted molar refractivity (Wildman–Crippen MR) is 101 cm³/mol. The normalized spacial score (nSPS) is 23.9. The molecule has 1 aromatic carbocycles. The molecule has 0 spiro atoms. The van der Waals surface area contributed by atoms with Crippen LogP contribution in [-0.4, -0.2) is 40.1 Å². The number of hydrogen-bond donors (Lipinski definition) is 2. The first-order valence-electron chi connectivity index (χ1n) is 9.46. The molecule has 5 rings (SSSR count). The van der Waals surface area contributed by atoms with Gasteiger partial charge in [0.05, 0.1) is 23.1 Å². The van der Waals surface area contributed by atoms with Gasteiger partial charge < -0.3 is 15.2 Å². The lowest BCUT2D eigenvalue weighted by molar-refractivity contribution is -0.110. The summed E-state index contributed by atoms with van der Waals surface area (Å²) in [5.74, 6) is -0.247. The molecule has 0 radical (unpaired) electrons. The van der Waals surface area contributed by atoms with Crippen molar-refractivity contribution in [3.63, 3.8) is 0 Å². The van der Waals surface area contributed by atoms with Gasteiger partial charge in [-0.25, -0.2) is 4.39 Å². The number of anilines is 1. The maximum Gasteiger partial charge on any atom is 0.260 e. The number of amides is 1. The summed E-state index contributed by atoms with van der Waals surface area (Å²) in [4.78, 5) is 19.4. The molecule has 0 bridgehead atoms. The van der Waals surface area contributed by atoms with Gasteiger partial charge in [-0.05, 0) is 49.7 Å². The van der Waals surface area contributed by atoms with Gasteiger partial charge in [0.1, 0.15) is 18.2 Å². The van der Waals surface area contributed by atoms with Crippen LogP contribution in [0.5, 0.6) is 0 Å². The third-order valence-electron chi connectivity index (χ3n) is 5.45. The summed E-state index contributed by atoms with van der Waals surface area (Å²) in [7, 11) is 0. The van der Waals surface area contributed by atoms with Crippen molar-refractivity contribution < 1.29 is 19.0 Å². The predicted octanol–water partition coefficient (Wildman–Crippen LogP) is 2.53. The minimum Gasteiger partial charge on any atom is -0.486 e. The van der Waals surface area contributed by atoms with E-state index >= 15 is 0 Å². The Kier molecular flexibility index (Phi) is 4.14. The maximum absolute atomic E-state index is 13.7. The van der Waals surface area contributed by atoms with Crippen LogP contribution in [0.1, 0.15) is 35.4 Å². The lowest BCUT2D eigenvalue weighted by atomic mass is 10.0. The molecule has 4 heterocycles. The smallest absolute Gasteiger partial charge is 0.260 e. The van der Waals surface area contributed by atoms with Crippen LogP contribution in [0, 0.1) is 5.82 Å². The van der Waals surface area contributed by atoms with Crippen molar-refractivity contribution in [3.05, 3.63) is 58.7 Å². The summed E-state index contributed by atoms with van der Waals surface area (Å²) >= 11 is 0. The minimum absolute atomic E-state index is 0.274. The van der Waals surface area contributed by atoms with Crippen LogP contribution >= 0.6 is 0 Å².